The highest BCUT2D eigenvalue weighted by molar-refractivity contribution is 7.09. The van der Waals surface area contributed by atoms with Gasteiger partial charge < -0.3 is 5.32 Å². The van der Waals surface area contributed by atoms with E-state index in [9.17, 15) is 4.79 Å². The number of nitrogens with zero attached hydrogens (tertiary/aromatic N) is 2. The minimum atomic E-state index is -0.0577. The molecule has 0 radical (unpaired) electrons. The van der Waals surface area contributed by atoms with E-state index < -0.39 is 0 Å². The minimum Gasteiger partial charge on any atom is -0.349 e. The van der Waals surface area contributed by atoms with E-state index in [0.717, 1.165) is 22.0 Å². The second-order valence-corrected chi connectivity index (χ2v) is 6.06. The molecule has 2 heterocycles. The van der Waals surface area contributed by atoms with Crippen molar-refractivity contribution in [1.82, 2.24) is 15.3 Å². The van der Waals surface area contributed by atoms with Crippen molar-refractivity contribution >= 4 is 17.2 Å². The monoisotopic (exact) mass is 301 g/mol. The zero-order valence-corrected chi connectivity index (χ0v) is 13.1. The fourth-order valence-electron chi connectivity index (χ4n) is 1.98. The van der Waals surface area contributed by atoms with Gasteiger partial charge in [0, 0.05) is 17.5 Å². The lowest BCUT2D eigenvalue weighted by molar-refractivity contribution is -0.124. The molecule has 0 aliphatic rings. The maximum Gasteiger partial charge on any atom is 0.223 e. The second-order valence-electron chi connectivity index (χ2n) is 5.12. The van der Waals surface area contributed by atoms with Gasteiger partial charge in [0.05, 0.1) is 17.9 Å². The zero-order chi connectivity index (χ0) is 15.2. The van der Waals surface area contributed by atoms with Crippen LogP contribution in [-0.2, 0) is 11.3 Å². The molecule has 0 aliphatic carbocycles. The molecule has 2 rings (SSSR count). The first-order valence-corrected chi connectivity index (χ1v) is 7.72. The fraction of sp³-hybridized carbons (Fsp3) is 0.312. The van der Waals surface area contributed by atoms with Crippen LogP contribution in [0.15, 0.2) is 41.9 Å². The summed E-state index contributed by atoms with van der Waals surface area (Å²) in [6.07, 6.45) is 2.46. The summed E-state index contributed by atoms with van der Waals surface area (Å²) in [6, 6.07) is 5.73. The average molecular weight is 301 g/mol. The van der Waals surface area contributed by atoms with Gasteiger partial charge in [0.1, 0.15) is 5.01 Å². The number of carbonyl (C=O) groups excluding carboxylic acids is 1. The number of rotatable bonds is 6. The molecular weight excluding hydrogens is 282 g/mol. The van der Waals surface area contributed by atoms with Crippen molar-refractivity contribution < 1.29 is 4.79 Å². The smallest absolute Gasteiger partial charge is 0.223 e. The van der Waals surface area contributed by atoms with E-state index in [0.29, 0.717) is 13.0 Å². The Morgan fingerprint density at radius 2 is 2.24 bits per heavy atom. The molecule has 0 spiro atoms. The number of allylic oxidation sites excluding steroid dienone is 1. The third-order valence-corrected chi connectivity index (χ3v) is 3.84. The Morgan fingerprint density at radius 1 is 1.43 bits per heavy atom. The van der Waals surface area contributed by atoms with Gasteiger partial charge >= 0.3 is 0 Å². The van der Waals surface area contributed by atoms with Gasteiger partial charge in [-0.1, -0.05) is 18.6 Å². The Balaban J connectivity index is 1.91. The third-order valence-electron chi connectivity index (χ3n) is 3.00. The molecule has 1 N–H and O–H groups in total. The topological polar surface area (TPSA) is 54.9 Å². The molecular formula is C16H19N3OS. The fourth-order valence-corrected chi connectivity index (χ4v) is 2.70. The first-order valence-electron chi connectivity index (χ1n) is 6.84. The summed E-state index contributed by atoms with van der Waals surface area (Å²) in [5.41, 5.74) is 2.71. The molecule has 21 heavy (non-hydrogen) atoms. The summed E-state index contributed by atoms with van der Waals surface area (Å²) in [5.74, 6) is -0.0229. The van der Waals surface area contributed by atoms with E-state index in [1.807, 2.05) is 37.4 Å². The molecule has 2 aromatic rings. The predicted octanol–water partition coefficient (Wildman–Crippen LogP) is 3.42. The number of pyridine rings is 1. The molecule has 1 atom stereocenters. The highest BCUT2D eigenvalue weighted by Gasteiger charge is 2.13. The molecule has 0 saturated carbocycles. The molecule has 0 bridgehead atoms. The maximum atomic E-state index is 11.9. The molecule has 4 nitrogen and oxygen atoms in total. The molecule has 1 unspecified atom stereocenters. The van der Waals surface area contributed by atoms with Crippen LogP contribution in [-0.4, -0.2) is 15.9 Å². The summed E-state index contributed by atoms with van der Waals surface area (Å²) in [6.45, 7) is 8.13. The van der Waals surface area contributed by atoms with Gasteiger partial charge in [-0.15, -0.1) is 17.9 Å². The van der Waals surface area contributed by atoms with E-state index >= 15 is 0 Å². The second kappa shape index (κ2) is 7.13. The van der Waals surface area contributed by atoms with Crippen molar-refractivity contribution in [2.24, 2.45) is 5.92 Å². The SMILES string of the molecule is C=C(C)CC(C)C(=O)NCc1nc(-c2ccccn2)cs1. The van der Waals surface area contributed by atoms with Gasteiger partial charge in [0.2, 0.25) is 5.91 Å². The van der Waals surface area contributed by atoms with Crippen LogP contribution in [0.25, 0.3) is 11.4 Å². The van der Waals surface area contributed by atoms with Gasteiger partial charge in [-0.05, 0) is 25.5 Å². The summed E-state index contributed by atoms with van der Waals surface area (Å²) >= 11 is 1.53. The minimum absolute atomic E-state index is 0.0348. The van der Waals surface area contributed by atoms with Gasteiger partial charge in [-0.2, -0.15) is 0 Å². The largest absolute Gasteiger partial charge is 0.349 e. The maximum absolute atomic E-state index is 11.9. The van der Waals surface area contributed by atoms with Crippen LogP contribution in [0.4, 0.5) is 0 Å². The van der Waals surface area contributed by atoms with Crippen LogP contribution in [0.2, 0.25) is 0 Å². The number of amides is 1. The Hall–Kier alpha value is -2.01. The van der Waals surface area contributed by atoms with E-state index in [2.05, 4.69) is 21.9 Å². The van der Waals surface area contributed by atoms with Crippen LogP contribution in [0, 0.1) is 5.92 Å². The van der Waals surface area contributed by atoms with Gasteiger partial charge in [-0.25, -0.2) is 4.98 Å². The number of thiazole rings is 1. The lowest BCUT2D eigenvalue weighted by atomic mass is 10.0. The highest BCUT2D eigenvalue weighted by atomic mass is 32.1. The number of hydrogen-bond donors (Lipinski definition) is 1. The summed E-state index contributed by atoms with van der Waals surface area (Å²) in [5, 5.41) is 5.76. The van der Waals surface area contributed by atoms with Gasteiger partial charge in [0.15, 0.2) is 0 Å². The summed E-state index contributed by atoms with van der Waals surface area (Å²) in [4.78, 5) is 20.7. The van der Waals surface area contributed by atoms with Crippen LogP contribution in [0.5, 0.6) is 0 Å². The van der Waals surface area contributed by atoms with Crippen molar-refractivity contribution in [3.8, 4) is 11.4 Å². The number of carbonyl (C=O) groups is 1. The molecule has 0 fully saturated rings. The van der Waals surface area contributed by atoms with Crippen molar-refractivity contribution in [3.63, 3.8) is 0 Å². The molecule has 0 aromatic carbocycles. The first-order chi connectivity index (χ1) is 10.1. The third kappa shape index (κ3) is 4.49. The quantitative estimate of drug-likeness (QED) is 0.832. The number of nitrogens with one attached hydrogen (secondary N) is 1. The Bertz CT molecular complexity index is 621. The van der Waals surface area contributed by atoms with E-state index in [4.69, 9.17) is 0 Å². The van der Waals surface area contributed by atoms with Crippen molar-refractivity contribution in [1.29, 1.82) is 0 Å². The number of hydrogen-bond acceptors (Lipinski definition) is 4. The normalized spacial score (nSPS) is 11.9. The Kier molecular flexibility index (Phi) is 5.22. The predicted molar refractivity (Wildman–Crippen MR) is 85.8 cm³/mol. The number of aromatic nitrogens is 2. The first kappa shape index (κ1) is 15.4. The van der Waals surface area contributed by atoms with Crippen LogP contribution >= 0.6 is 11.3 Å². The van der Waals surface area contributed by atoms with E-state index in [1.165, 1.54) is 11.3 Å². The average Bonchev–Trinajstić information content (AvgIpc) is 2.94. The highest BCUT2D eigenvalue weighted by Crippen LogP contribution is 2.19. The molecule has 0 aliphatic heterocycles. The molecule has 1 amide bonds. The van der Waals surface area contributed by atoms with Crippen LogP contribution < -0.4 is 5.32 Å². The van der Waals surface area contributed by atoms with Crippen LogP contribution in [0.1, 0.15) is 25.3 Å². The zero-order valence-electron chi connectivity index (χ0n) is 12.3. The van der Waals surface area contributed by atoms with Gasteiger partial charge in [0.25, 0.3) is 0 Å². The Labute approximate surface area is 129 Å². The van der Waals surface area contributed by atoms with E-state index in [1.54, 1.807) is 6.20 Å². The van der Waals surface area contributed by atoms with E-state index in [-0.39, 0.29) is 11.8 Å². The van der Waals surface area contributed by atoms with Crippen molar-refractivity contribution in [2.45, 2.75) is 26.8 Å². The lowest BCUT2D eigenvalue weighted by Gasteiger charge is -2.10. The Morgan fingerprint density at radius 3 is 2.90 bits per heavy atom. The van der Waals surface area contributed by atoms with Crippen molar-refractivity contribution in [2.75, 3.05) is 0 Å². The summed E-state index contributed by atoms with van der Waals surface area (Å²) in [7, 11) is 0. The lowest BCUT2D eigenvalue weighted by Crippen LogP contribution is -2.28. The molecule has 5 heteroatoms. The van der Waals surface area contributed by atoms with Crippen LogP contribution in [0.3, 0.4) is 0 Å². The van der Waals surface area contributed by atoms with Crippen molar-refractivity contribution in [3.05, 3.63) is 46.9 Å². The molecule has 0 saturated heterocycles. The standard InChI is InChI=1S/C16H19N3OS/c1-11(2)8-12(3)16(20)18-9-15-19-14(10-21-15)13-6-4-5-7-17-13/h4-7,10,12H,1,8-9H2,2-3H3,(H,18,20). The summed E-state index contributed by atoms with van der Waals surface area (Å²) < 4.78 is 0. The molecule has 2 aromatic heterocycles. The molecule has 110 valence electrons. The van der Waals surface area contributed by atoms with Gasteiger partial charge in [-0.3, -0.25) is 9.78 Å².